The lowest BCUT2D eigenvalue weighted by molar-refractivity contribution is -0.0915. The van der Waals surface area contributed by atoms with Gasteiger partial charge in [0.25, 0.3) is 0 Å². The summed E-state index contributed by atoms with van der Waals surface area (Å²) in [6, 6.07) is 0. The summed E-state index contributed by atoms with van der Waals surface area (Å²) in [5, 5.41) is 13.6. The van der Waals surface area contributed by atoms with Crippen LogP contribution in [0, 0.1) is 5.41 Å². The van der Waals surface area contributed by atoms with Crippen molar-refractivity contribution in [3.8, 4) is 0 Å². The highest BCUT2D eigenvalue weighted by atomic mass is 16.3. The number of hydrogen-bond donors (Lipinski definition) is 3. The molecule has 1 atom stereocenters. The molecule has 0 bridgehead atoms. The lowest BCUT2D eigenvalue weighted by Crippen LogP contribution is -2.56. The van der Waals surface area contributed by atoms with Crippen molar-refractivity contribution in [2.75, 3.05) is 19.6 Å². The highest BCUT2D eigenvalue weighted by Crippen LogP contribution is 2.37. The molecular weight excluding hydrogens is 152 g/mol. The lowest BCUT2D eigenvalue weighted by Gasteiger charge is -2.46. The molecule has 0 aliphatic carbocycles. The first kappa shape index (κ1) is 9.96. The number of nitrogens with two attached hydrogens (primary N) is 1. The van der Waals surface area contributed by atoms with Crippen LogP contribution in [-0.2, 0) is 0 Å². The SMILES string of the molecule is CC1(C)CNCCC1(O)CCN. The van der Waals surface area contributed by atoms with Gasteiger partial charge in [0, 0.05) is 12.0 Å². The molecular formula is C9H20N2O. The van der Waals surface area contributed by atoms with Crippen molar-refractivity contribution >= 4 is 0 Å². The maximum absolute atomic E-state index is 10.3. The first-order valence-electron chi connectivity index (χ1n) is 4.65. The van der Waals surface area contributed by atoms with E-state index in [4.69, 9.17) is 5.73 Å². The number of piperidine rings is 1. The predicted molar refractivity (Wildman–Crippen MR) is 49.9 cm³/mol. The quantitative estimate of drug-likeness (QED) is 0.553. The predicted octanol–water partition coefficient (Wildman–Crippen LogP) is 0.0858. The molecule has 0 aromatic rings. The van der Waals surface area contributed by atoms with Crippen LogP contribution in [0.25, 0.3) is 0 Å². The van der Waals surface area contributed by atoms with Gasteiger partial charge in [-0.2, -0.15) is 0 Å². The Hall–Kier alpha value is -0.120. The van der Waals surface area contributed by atoms with Gasteiger partial charge in [0.2, 0.25) is 0 Å². The zero-order valence-electron chi connectivity index (χ0n) is 8.06. The van der Waals surface area contributed by atoms with E-state index in [2.05, 4.69) is 19.2 Å². The topological polar surface area (TPSA) is 58.3 Å². The van der Waals surface area contributed by atoms with Crippen LogP contribution in [0.5, 0.6) is 0 Å². The zero-order valence-corrected chi connectivity index (χ0v) is 8.06. The van der Waals surface area contributed by atoms with E-state index in [1.54, 1.807) is 0 Å². The third kappa shape index (κ3) is 1.63. The van der Waals surface area contributed by atoms with Crippen LogP contribution < -0.4 is 11.1 Å². The highest BCUT2D eigenvalue weighted by molar-refractivity contribution is 4.98. The summed E-state index contributed by atoms with van der Waals surface area (Å²) in [6.07, 6.45) is 1.53. The summed E-state index contributed by atoms with van der Waals surface area (Å²) >= 11 is 0. The van der Waals surface area contributed by atoms with Gasteiger partial charge in [0.05, 0.1) is 5.60 Å². The van der Waals surface area contributed by atoms with Crippen LogP contribution in [-0.4, -0.2) is 30.3 Å². The molecule has 0 aromatic carbocycles. The number of rotatable bonds is 2. The molecule has 0 amide bonds. The van der Waals surface area contributed by atoms with Crippen molar-refractivity contribution in [2.45, 2.75) is 32.3 Å². The summed E-state index contributed by atoms with van der Waals surface area (Å²) in [7, 11) is 0. The van der Waals surface area contributed by atoms with Crippen molar-refractivity contribution in [1.29, 1.82) is 0 Å². The van der Waals surface area contributed by atoms with E-state index in [1.807, 2.05) is 0 Å². The Morgan fingerprint density at radius 1 is 1.50 bits per heavy atom. The van der Waals surface area contributed by atoms with Gasteiger partial charge in [-0.05, 0) is 25.9 Å². The fraction of sp³-hybridized carbons (Fsp3) is 1.00. The van der Waals surface area contributed by atoms with Crippen LogP contribution in [0.15, 0.2) is 0 Å². The van der Waals surface area contributed by atoms with E-state index in [0.717, 1.165) is 19.5 Å². The molecule has 1 heterocycles. The first-order valence-corrected chi connectivity index (χ1v) is 4.65. The molecule has 4 N–H and O–H groups in total. The summed E-state index contributed by atoms with van der Waals surface area (Å²) < 4.78 is 0. The molecule has 1 aliphatic rings. The Bertz CT molecular complexity index is 155. The van der Waals surface area contributed by atoms with Crippen molar-refractivity contribution in [3.05, 3.63) is 0 Å². The molecule has 0 radical (unpaired) electrons. The Kier molecular flexibility index (Phi) is 2.76. The van der Waals surface area contributed by atoms with Gasteiger partial charge >= 0.3 is 0 Å². The summed E-state index contributed by atoms with van der Waals surface area (Å²) in [4.78, 5) is 0. The van der Waals surface area contributed by atoms with Crippen LogP contribution in [0.1, 0.15) is 26.7 Å². The minimum absolute atomic E-state index is 0.0510. The number of nitrogens with one attached hydrogen (secondary N) is 1. The molecule has 1 unspecified atom stereocenters. The maximum atomic E-state index is 10.3. The standard InChI is InChI=1S/C9H20N2O/c1-8(2)7-11-6-4-9(8,12)3-5-10/h11-12H,3-7,10H2,1-2H3. The second kappa shape index (κ2) is 3.32. The van der Waals surface area contributed by atoms with Gasteiger partial charge in [0.15, 0.2) is 0 Å². The third-order valence-corrected chi connectivity index (χ3v) is 3.10. The van der Waals surface area contributed by atoms with Gasteiger partial charge in [-0.15, -0.1) is 0 Å². The molecule has 1 rings (SSSR count). The maximum Gasteiger partial charge on any atom is 0.0734 e. The Labute approximate surface area is 74.3 Å². The van der Waals surface area contributed by atoms with Crippen LogP contribution in [0.4, 0.5) is 0 Å². The summed E-state index contributed by atoms with van der Waals surface area (Å²) in [5.74, 6) is 0. The van der Waals surface area contributed by atoms with E-state index < -0.39 is 5.60 Å². The number of hydrogen-bond acceptors (Lipinski definition) is 3. The van der Waals surface area contributed by atoms with Gasteiger partial charge < -0.3 is 16.2 Å². The number of aliphatic hydroxyl groups is 1. The van der Waals surface area contributed by atoms with Gasteiger partial charge in [-0.25, -0.2) is 0 Å². The van der Waals surface area contributed by atoms with E-state index in [0.29, 0.717) is 13.0 Å². The Balaban J connectivity index is 2.69. The first-order chi connectivity index (χ1) is 5.52. The van der Waals surface area contributed by atoms with E-state index in [1.165, 1.54) is 0 Å². The molecule has 0 saturated carbocycles. The Morgan fingerprint density at radius 2 is 2.17 bits per heavy atom. The molecule has 12 heavy (non-hydrogen) atoms. The molecule has 1 aliphatic heterocycles. The van der Waals surface area contributed by atoms with Gasteiger partial charge in [0.1, 0.15) is 0 Å². The summed E-state index contributed by atoms with van der Waals surface area (Å²) in [5.41, 5.74) is 4.87. The fourth-order valence-corrected chi connectivity index (χ4v) is 1.90. The van der Waals surface area contributed by atoms with E-state index in [-0.39, 0.29) is 5.41 Å². The van der Waals surface area contributed by atoms with Crippen LogP contribution >= 0.6 is 0 Å². The molecule has 72 valence electrons. The zero-order chi connectivity index (χ0) is 9.24. The normalized spacial score (nSPS) is 35.0. The smallest absolute Gasteiger partial charge is 0.0734 e. The minimum Gasteiger partial charge on any atom is -0.389 e. The lowest BCUT2D eigenvalue weighted by atomic mass is 9.69. The fourth-order valence-electron chi connectivity index (χ4n) is 1.90. The summed E-state index contributed by atoms with van der Waals surface area (Å²) in [6.45, 7) is 6.53. The van der Waals surface area contributed by atoms with Gasteiger partial charge in [-0.3, -0.25) is 0 Å². The molecule has 0 aromatic heterocycles. The largest absolute Gasteiger partial charge is 0.389 e. The molecule has 0 spiro atoms. The molecule has 1 saturated heterocycles. The van der Waals surface area contributed by atoms with Crippen molar-refractivity contribution in [1.82, 2.24) is 5.32 Å². The van der Waals surface area contributed by atoms with Crippen LogP contribution in [0.2, 0.25) is 0 Å². The molecule has 3 heteroatoms. The highest BCUT2D eigenvalue weighted by Gasteiger charge is 2.44. The second-order valence-corrected chi connectivity index (χ2v) is 4.38. The van der Waals surface area contributed by atoms with Crippen molar-refractivity contribution < 1.29 is 5.11 Å². The van der Waals surface area contributed by atoms with E-state index in [9.17, 15) is 5.11 Å². The molecule has 3 nitrogen and oxygen atoms in total. The van der Waals surface area contributed by atoms with Gasteiger partial charge in [-0.1, -0.05) is 13.8 Å². The second-order valence-electron chi connectivity index (χ2n) is 4.38. The average molecular weight is 172 g/mol. The Morgan fingerprint density at radius 3 is 2.67 bits per heavy atom. The van der Waals surface area contributed by atoms with Crippen molar-refractivity contribution in [2.24, 2.45) is 11.1 Å². The van der Waals surface area contributed by atoms with E-state index >= 15 is 0 Å². The monoisotopic (exact) mass is 172 g/mol. The average Bonchev–Trinajstić information content (AvgIpc) is 1.96. The molecule has 1 fully saturated rings. The third-order valence-electron chi connectivity index (χ3n) is 3.10. The van der Waals surface area contributed by atoms with Crippen molar-refractivity contribution in [3.63, 3.8) is 0 Å². The minimum atomic E-state index is -0.562. The van der Waals surface area contributed by atoms with Crippen LogP contribution in [0.3, 0.4) is 0 Å².